The Balaban J connectivity index is 1.59. The van der Waals surface area contributed by atoms with Crippen molar-refractivity contribution in [3.05, 3.63) is 73.3 Å². The molecule has 2 aromatic carbocycles. The number of nitrogens with zero attached hydrogens (tertiary/aromatic N) is 3. The van der Waals surface area contributed by atoms with Gasteiger partial charge in [-0.2, -0.15) is 13.2 Å². The van der Waals surface area contributed by atoms with Crippen LogP contribution in [0.3, 0.4) is 0 Å². The van der Waals surface area contributed by atoms with Crippen LogP contribution in [0.25, 0.3) is 5.57 Å². The molecule has 7 nitrogen and oxygen atoms in total. The Morgan fingerprint density at radius 2 is 1.97 bits per heavy atom. The maximum Gasteiger partial charge on any atom is 0.416 e. The minimum atomic E-state index is -4.47. The Morgan fingerprint density at radius 1 is 1.16 bits per heavy atom. The lowest BCUT2D eigenvalue weighted by Gasteiger charge is -2.26. The summed E-state index contributed by atoms with van der Waals surface area (Å²) in [5, 5.41) is 2.74. The molecule has 0 unspecified atom stereocenters. The second-order valence-corrected chi connectivity index (χ2v) is 8.19. The average Bonchev–Trinajstić information content (AvgIpc) is 3.27. The molecule has 5 rings (SSSR count). The third kappa shape index (κ3) is 3.25. The van der Waals surface area contributed by atoms with Crippen LogP contribution in [0.2, 0.25) is 0 Å². The Morgan fingerprint density at radius 3 is 2.72 bits per heavy atom. The molecule has 164 valence electrons. The maximum absolute atomic E-state index is 13.2. The number of hydrogen-bond acceptors (Lipinski definition) is 6. The van der Waals surface area contributed by atoms with E-state index in [9.17, 15) is 22.8 Å². The van der Waals surface area contributed by atoms with Gasteiger partial charge in [0.1, 0.15) is 23.6 Å². The quantitative estimate of drug-likeness (QED) is 0.636. The molecular weight excluding hydrogens is 445 g/mol. The summed E-state index contributed by atoms with van der Waals surface area (Å²) >= 11 is 1.08. The third-order valence-electron chi connectivity index (χ3n) is 5.29. The van der Waals surface area contributed by atoms with Crippen LogP contribution in [-0.4, -0.2) is 24.3 Å². The molecule has 0 spiro atoms. The number of halogens is 3. The molecule has 32 heavy (non-hydrogen) atoms. The van der Waals surface area contributed by atoms with E-state index >= 15 is 0 Å². The van der Waals surface area contributed by atoms with Gasteiger partial charge in [0.15, 0.2) is 4.80 Å². The molecule has 1 amide bonds. The highest BCUT2D eigenvalue weighted by molar-refractivity contribution is 7.07. The zero-order valence-corrected chi connectivity index (χ0v) is 17.4. The molecular formula is C21H15F3N4O3S. The molecule has 11 heteroatoms. The molecule has 0 aliphatic carbocycles. The van der Waals surface area contributed by atoms with E-state index in [0.29, 0.717) is 27.5 Å². The first-order chi connectivity index (χ1) is 15.3. The zero-order valence-electron chi connectivity index (χ0n) is 16.6. The number of thiazole rings is 1. The molecule has 0 bridgehead atoms. The standard InChI is InChI=1S/C21H15F3N4O3S/c1-31-13-5-6-15-14(8-13)16(18(29)26-15)17-19(30)28-10-27(9-25-20(28)32-17)12-4-2-3-11(7-12)21(22,23)24/h2-8H,9-10H2,1H3,(H,26,29). The van der Waals surface area contributed by atoms with Gasteiger partial charge in [-0.3, -0.25) is 14.2 Å². The molecule has 3 aromatic rings. The topological polar surface area (TPSA) is 75.9 Å². The van der Waals surface area contributed by atoms with Crippen LogP contribution in [0.15, 0.2) is 52.3 Å². The zero-order chi connectivity index (χ0) is 22.6. The summed E-state index contributed by atoms with van der Waals surface area (Å²) in [6.07, 6.45) is -4.47. The summed E-state index contributed by atoms with van der Waals surface area (Å²) in [6, 6.07) is 9.96. The Bertz CT molecular complexity index is 1440. The maximum atomic E-state index is 13.2. The molecule has 2 aliphatic heterocycles. The lowest BCUT2D eigenvalue weighted by Crippen LogP contribution is -2.43. The molecule has 0 saturated carbocycles. The molecule has 2 aliphatic rings. The van der Waals surface area contributed by atoms with Crippen LogP contribution in [0.5, 0.6) is 5.75 Å². The van der Waals surface area contributed by atoms with Gasteiger partial charge in [0, 0.05) is 16.9 Å². The number of carbonyl (C=O) groups is 1. The highest BCUT2D eigenvalue weighted by Gasteiger charge is 2.31. The van der Waals surface area contributed by atoms with Crippen LogP contribution in [0.4, 0.5) is 24.5 Å². The molecule has 1 aromatic heterocycles. The summed E-state index contributed by atoms with van der Waals surface area (Å²) in [5.41, 5.74) is 0.463. The van der Waals surface area contributed by atoms with Crippen molar-refractivity contribution in [2.75, 3.05) is 24.0 Å². The van der Waals surface area contributed by atoms with Crippen molar-refractivity contribution in [3.8, 4) is 5.75 Å². The number of alkyl halides is 3. The smallest absolute Gasteiger partial charge is 0.416 e. The van der Waals surface area contributed by atoms with E-state index in [-0.39, 0.29) is 23.4 Å². The first-order valence-corrected chi connectivity index (χ1v) is 10.3. The molecule has 3 heterocycles. The Kier molecular flexibility index (Phi) is 4.59. The highest BCUT2D eigenvalue weighted by atomic mass is 32.1. The number of aromatic nitrogens is 1. The fourth-order valence-electron chi connectivity index (χ4n) is 3.70. The van der Waals surface area contributed by atoms with Gasteiger partial charge in [0.2, 0.25) is 0 Å². The van der Waals surface area contributed by atoms with Crippen LogP contribution < -0.4 is 29.8 Å². The van der Waals surface area contributed by atoms with Crippen LogP contribution >= 0.6 is 11.3 Å². The normalized spacial score (nSPS) is 16.9. The van der Waals surface area contributed by atoms with Crippen LogP contribution in [0.1, 0.15) is 11.1 Å². The fraction of sp³-hybridized carbons (Fsp3) is 0.190. The van der Waals surface area contributed by atoms with Gasteiger partial charge in [-0.1, -0.05) is 17.4 Å². The third-order valence-corrected chi connectivity index (χ3v) is 6.40. The van der Waals surface area contributed by atoms with E-state index in [2.05, 4.69) is 10.3 Å². The monoisotopic (exact) mass is 460 g/mol. The van der Waals surface area contributed by atoms with Crippen molar-refractivity contribution in [1.82, 2.24) is 4.57 Å². The van der Waals surface area contributed by atoms with E-state index in [1.165, 1.54) is 23.8 Å². The summed E-state index contributed by atoms with van der Waals surface area (Å²) in [4.78, 5) is 32.2. The SMILES string of the molecule is COc1ccc2c(c1)C(=c1sc3n(c1=O)CN(c1cccc(C(F)(F)F)c1)CN=3)C(=O)N2. The summed E-state index contributed by atoms with van der Waals surface area (Å²) in [7, 11) is 1.51. The molecule has 0 fully saturated rings. The fourth-order valence-corrected chi connectivity index (χ4v) is 4.76. The van der Waals surface area contributed by atoms with Gasteiger partial charge in [0.05, 0.1) is 18.2 Å². The number of benzene rings is 2. The molecule has 1 N–H and O–H groups in total. The van der Waals surface area contributed by atoms with Gasteiger partial charge >= 0.3 is 6.18 Å². The first kappa shape index (κ1) is 20.3. The van der Waals surface area contributed by atoms with Gasteiger partial charge in [0.25, 0.3) is 11.5 Å². The van der Waals surface area contributed by atoms with E-state index in [0.717, 1.165) is 23.5 Å². The number of fused-ring (bicyclic) bond motifs is 2. The number of methoxy groups -OCH3 is 1. The van der Waals surface area contributed by atoms with Crippen molar-refractivity contribution in [2.45, 2.75) is 12.8 Å². The van der Waals surface area contributed by atoms with Crippen molar-refractivity contribution in [3.63, 3.8) is 0 Å². The molecule has 0 radical (unpaired) electrons. The number of nitrogens with one attached hydrogen (secondary N) is 1. The number of ether oxygens (including phenoxy) is 1. The van der Waals surface area contributed by atoms with E-state index in [4.69, 9.17) is 4.74 Å². The van der Waals surface area contributed by atoms with Crippen molar-refractivity contribution in [2.24, 2.45) is 4.99 Å². The predicted octanol–water partition coefficient (Wildman–Crippen LogP) is 2.14. The number of carbonyl (C=O) groups excluding carboxylic acids is 1. The van der Waals surface area contributed by atoms with Crippen molar-refractivity contribution >= 4 is 34.2 Å². The Labute approximate surface area is 182 Å². The summed E-state index contributed by atoms with van der Waals surface area (Å²) < 4.78 is 46.1. The Hall–Kier alpha value is -3.60. The number of amides is 1. The van der Waals surface area contributed by atoms with Gasteiger partial charge < -0.3 is 15.0 Å². The van der Waals surface area contributed by atoms with Gasteiger partial charge in [-0.15, -0.1) is 0 Å². The second kappa shape index (κ2) is 7.23. The highest BCUT2D eigenvalue weighted by Crippen LogP contribution is 2.33. The van der Waals surface area contributed by atoms with E-state index in [1.807, 2.05) is 0 Å². The lowest BCUT2D eigenvalue weighted by molar-refractivity contribution is -0.137. The number of hydrogen-bond donors (Lipinski definition) is 1. The second-order valence-electron chi connectivity index (χ2n) is 7.22. The van der Waals surface area contributed by atoms with Crippen molar-refractivity contribution in [1.29, 1.82) is 0 Å². The van der Waals surface area contributed by atoms with Crippen LogP contribution in [-0.2, 0) is 17.6 Å². The first-order valence-electron chi connectivity index (χ1n) is 9.46. The summed E-state index contributed by atoms with van der Waals surface area (Å²) in [5.74, 6) is 0.138. The minimum Gasteiger partial charge on any atom is -0.497 e. The molecule has 0 saturated heterocycles. The minimum absolute atomic E-state index is 0.0232. The predicted molar refractivity (Wildman–Crippen MR) is 112 cm³/mol. The van der Waals surface area contributed by atoms with Gasteiger partial charge in [-0.25, -0.2) is 4.99 Å². The molecule has 0 atom stereocenters. The van der Waals surface area contributed by atoms with Gasteiger partial charge in [-0.05, 0) is 36.4 Å². The van der Waals surface area contributed by atoms with Crippen LogP contribution in [0, 0.1) is 0 Å². The summed E-state index contributed by atoms with van der Waals surface area (Å²) in [6.45, 7) is 0.113. The lowest BCUT2D eigenvalue weighted by atomic mass is 10.1. The van der Waals surface area contributed by atoms with Crippen molar-refractivity contribution < 1.29 is 22.7 Å². The number of rotatable bonds is 2. The van der Waals surface area contributed by atoms with E-state index < -0.39 is 23.2 Å². The largest absolute Gasteiger partial charge is 0.497 e. The van der Waals surface area contributed by atoms with E-state index in [1.54, 1.807) is 23.1 Å². The average molecular weight is 460 g/mol. The number of anilines is 2.